The van der Waals surface area contributed by atoms with E-state index < -0.39 is 5.97 Å². The Morgan fingerprint density at radius 3 is 2.77 bits per heavy atom. The smallest absolute Gasteiger partial charge is 0.303 e. The number of aryl methyl sites for hydroxylation is 1. The second kappa shape index (κ2) is 11.7. The molecule has 0 unspecified atom stereocenters. The van der Waals surface area contributed by atoms with Gasteiger partial charge in [-0.25, -0.2) is 0 Å². The van der Waals surface area contributed by atoms with Crippen molar-refractivity contribution in [2.75, 3.05) is 0 Å². The summed E-state index contributed by atoms with van der Waals surface area (Å²) >= 11 is 0. The zero-order valence-electron chi connectivity index (χ0n) is 15.6. The number of unbranched alkanes of at least 4 members (excludes halogenated alkanes) is 1. The second-order valence-electron chi connectivity index (χ2n) is 7.32. The third kappa shape index (κ3) is 8.01. The van der Waals surface area contributed by atoms with Crippen molar-refractivity contribution in [3.05, 3.63) is 60.2 Å². The SMILES string of the molecule is O=C(O)CCC/C=C\C[C@H]1CCC[C@@H]1/C=C/[C@@H](O)CCc1ccccc1. The highest BCUT2D eigenvalue weighted by molar-refractivity contribution is 5.66. The van der Waals surface area contributed by atoms with Gasteiger partial charge in [-0.05, 0) is 62.3 Å². The van der Waals surface area contributed by atoms with E-state index >= 15 is 0 Å². The van der Waals surface area contributed by atoms with E-state index in [-0.39, 0.29) is 12.5 Å². The molecule has 0 saturated heterocycles. The zero-order valence-corrected chi connectivity index (χ0v) is 15.6. The van der Waals surface area contributed by atoms with Gasteiger partial charge in [-0.1, -0.05) is 61.1 Å². The predicted molar refractivity (Wildman–Crippen MR) is 106 cm³/mol. The number of rotatable bonds is 11. The first-order chi connectivity index (χ1) is 12.6. The van der Waals surface area contributed by atoms with Gasteiger partial charge in [-0.15, -0.1) is 0 Å². The van der Waals surface area contributed by atoms with Crippen molar-refractivity contribution in [2.45, 2.75) is 63.9 Å². The van der Waals surface area contributed by atoms with E-state index in [9.17, 15) is 9.90 Å². The van der Waals surface area contributed by atoms with Crippen molar-refractivity contribution in [3.8, 4) is 0 Å². The summed E-state index contributed by atoms with van der Waals surface area (Å²) in [4.78, 5) is 10.5. The summed E-state index contributed by atoms with van der Waals surface area (Å²) in [6.45, 7) is 0. The first-order valence-electron chi connectivity index (χ1n) is 9.92. The minimum absolute atomic E-state index is 0.250. The highest BCUT2D eigenvalue weighted by atomic mass is 16.4. The molecule has 0 spiro atoms. The first-order valence-corrected chi connectivity index (χ1v) is 9.92. The molecule has 1 aromatic rings. The summed E-state index contributed by atoms with van der Waals surface area (Å²) in [5, 5.41) is 18.9. The minimum atomic E-state index is -0.717. The van der Waals surface area contributed by atoms with Gasteiger partial charge >= 0.3 is 5.97 Å². The van der Waals surface area contributed by atoms with Gasteiger partial charge in [0.25, 0.3) is 0 Å². The fourth-order valence-electron chi connectivity index (χ4n) is 3.70. The van der Waals surface area contributed by atoms with Crippen LogP contribution < -0.4 is 0 Å². The molecule has 26 heavy (non-hydrogen) atoms. The van der Waals surface area contributed by atoms with E-state index in [4.69, 9.17) is 5.11 Å². The lowest BCUT2D eigenvalue weighted by atomic mass is 9.91. The summed E-state index contributed by atoms with van der Waals surface area (Å²) in [5.41, 5.74) is 1.27. The van der Waals surface area contributed by atoms with Crippen LogP contribution in [0.5, 0.6) is 0 Å². The van der Waals surface area contributed by atoms with Crippen molar-refractivity contribution in [1.82, 2.24) is 0 Å². The summed E-state index contributed by atoms with van der Waals surface area (Å²) < 4.78 is 0. The molecule has 1 aliphatic rings. The summed E-state index contributed by atoms with van der Waals surface area (Å²) in [7, 11) is 0. The largest absolute Gasteiger partial charge is 0.481 e. The molecule has 142 valence electrons. The van der Waals surface area contributed by atoms with Crippen LogP contribution in [-0.2, 0) is 11.2 Å². The standard InChI is InChI=1S/C23H32O3/c24-22(17-15-19-9-4-3-5-10-19)18-16-21-13-8-12-20(21)11-6-1-2-7-14-23(25)26/h1,3-6,9-10,16,18,20-22,24H,2,7-8,11-15,17H2,(H,25,26)/b6-1-,18-16+/t20-,21+,22-/m0/s1. The number of aliphatic hydroxyl groups excluding tert-OH is 1. The number of hydrogen-bond donors (Lipinski definition) is 2. The second-order valence-corrected chi connectivity index (χ2v) is 7.32. The summed E-state index contributed by atoms with van der Waals surface area (Å²) in [6, 6.07) is 10.3. The Morgan fingerprint density at radius 2 is 2.00 bits per heavy atom. The molecule has 0 aromatic heterocycles. The molecule has 0 aliphatic heterocycles. The van der Waals surface area contributed by atoms with Gasteiger partial charge in [0.05, 0.1) is 6.10 Å². The minimum Gasteiger partial charge on any atom is -0.481 e. The van der Waals surface area contributed by atoms with E-state index in [1.54, 1.807) is 0 Å². The van der Waals surface area contributed by atoms with E-state index in [0.29, 0.717) is 18.3 Å². The van der Waals surface area contributed by atoms with Crippen LogP contribution in [0.2, 0.25) is 0 Å². The van der Waals surface area contributed by atoms with Crippen molar-refractivity contribution >= 4 is 5.97 Å². The lowest BCUT2D eigenvalue weighted by Gasteiger charge is -2.15. The molecule has 0 amide bonds. The van der Waals surface area contributed by atoms with Gasteiger partial charge in [0.2, 0.25) is 0 Å². The van der Waals surface area contributed by atoms with Gasteiger partial charge < -0.3 is 10.2 Å². The molecule has 3 heteroatoms. The first kappa shape index (κ1) is 20.4. The Morgan fingerprint density at radius 1 is 1.19 bits per heavy atom. The lowest BCUT2D eigenvalue weighted by molar-refractivity contribution is -0.137. The quantitative estimate of drug-likeness (QED) is 0.426. The zero-order chi connectivity index (χ0) is 18.6. The van der Waals surface area contributed by atoms with Crippen LogP contribution in [0.15, 0.2) is 54.6 Å². The molecule has 2 N–H and O–H groups in total. The Kier molecular flexibility index (Phi) is 9.19. The van der Waals surface area contributed by atoms with Gasteiger partial charge in [0.1, 0.15) is 0 Å². The van der Waals surface area contributed by atoms with E-state index in [2.05, 4.69) is 30.4 Å². The van der Waals surface area contributed by atoms with Gasteiger partial charge in [0.15, 0.2) is 0 Å². The van der Waals surface area contributed by atoms with Gasteiger partial charge in [-0.2, -0.15) is 0 Å². The number of allylic oxidation sites excluding steroid dienone is 3. The Bertz CT molecular complexity index is 576. The topological polar surface area (TPSA) is 57.5 Å². The van der Waals surface area contributed by atoms with Crippen LogP contribution in [0, 0.1) is 11.8 Å². The van der Waals surface area contributed by atoms with Crippen LogP contribution in [0.1, 0.15) is 56.9 Å². The van der Waals surface area contributed by atoms with Crippen molar-refractivity contribution in [1.29, 1.82) is 0 Å². The fraction of sp³-hybridized carbons (Fsp3) is 0.522. The molecular formula is C23H32O3. The number of carbonyl (C=O) groups is 1. The molecular weight excluding hydrogens is 324 g/mol. The molecule has 1 fully saturated rings. The highest BCUT2D eigenvalue weighted by Gasteiger charge is 2.24. The number of carboxylic acid groups (broad SMARTS) is 1. The lowest BCUT2D eigenvalue weighted by Crippen LogP contribution is -2.08. The fourth-order valence-corrected chi connectivity index (χ4v) is 3.70. The Balaban J connectivity index is 1.68. The summed E-state index contributed by atoms with van der Waals surface area (Å²) in [5.74, 6) is 0.499. The average molecular weight is 357 g/mol. The van der Waals surface area contributed by atoms with E-state index in [0.717, 1.165) is 25.7 Å². The Hall–Kier alpha value is -1.87. The maximum atomic E-state index is 10.5. The number of aliphatic carboxylic acids is 1. The maximum Gasteiger partial charge on any atom is 0.303 e. The van der Waals surface area contributed by atoms with Crippen molar-refractivity contribution < 1.29 is 15.0 Å². The summed E-state index contributed by atoms with van der Waals surface area (Å²) in [6.07, 6.45) is 16.4. The van der Waals surface area contributed by atoms with E-state index in [1.807, 2.05) is 24.3 Å². The van der Waals surface area contributed by atoms with Crippen molar-refractivity contribution in [2.24, 2.45) is 11.8 Å². The Labute approximate surface area is 157 Å². The molecule has 3 nitrogen and oxygen atoms in total. The third-order valence-corrected chi connectivity index (χ3v) is 5.24. The number of aliphatic hydroxyl groups is 1. The molecule has 1 aliphatic carbocycles. The van der Waals surface area contributed by atoms with Gasteiger partial charge in [0, 0.05) is 6.42 Å². The van der Waals surface area contributed by atoms with Crippen LogP contribution in [0.4, 0.5) is 0 Å². The van der Waals surface area contributed by atoms with Crippen LogP contribution in [-0.4, -0.2) is 22.3 Å². The third-order valence-electron chi connectivity index (χ3n) is 5.24. The molecule has 0 heterocycles. The predicted octanol–water partition coefficient (Wildman–Crippen LogP) is 5.15. The van der Waals surface area contributed by atoms with E-state index in [1.165, 1.54) is 24.8 Å². The van der Waals surface area contributed by atoms with Crippen molar-refractivity contribution in [3.63, 3.8) is 0 Å². The molecule has 1 aromatic carbocycles. The molecule has 2 rings (SSSR count). The number of hydrogen-bond acceptors (Lipinski definition) is 2. The molecule has 0 radical (unpaired) electrons. The normalized spacial score (nSPS) is 21.6. The monoisotopic (exact) mass is 356 g/mol. The number of benzene rings is 1. The molecule has 1 saturated carbocycles. The molecule has 0 bridgehead atoms. The molecule has 3 atom stereocenters. The number of carboxylic acids is 1. The van der Waals surface area contributed by atoms with Gasteiger partial charge in [-0.3, -0.25) is 4.79 Å². The maximum absolute atomic E-state index is 10.5. The van der Waals surface area contributed by atoms with Crippen LogP contribution in [0.25, 0.3) is 0 Å². The van der Waals surface area contributed by atoms with Crippen LogP contribution in [0.3, 0.4) is 0 Å². The van der Waals surface area contributed by atoms with Crippen LogP contribution >= 0.6 is 0 Å². The highest BCUT2D eigenvalue weighted by Crippen LogP contribution is 2.35. The average Bonchev–Trinajstić information content (AvgIpc) is 3.09.